The van der Waals surface area contributed by atoms with Gasteiger partial charge in [-0.25, -0.2) is 0 Å². The number of rotatable bonds is 2. The molecule has 1 aromatic carbocycles. The van der Waals surface area contributed by atoms with Crippen molar-refractivity contribution in [2.45, 2.75) is 31.8 Å². The van der Waals surface area contributed by atoms with Crippen LogP contribution in [0.25, 0.3) is 0 Å². The van der Waals surface area contributed by atoms with Crippen LogP contribution in [0.1, 0.15) is 40.2 Å². The van der Waals surface area contributed by atoms with Crippen molar-refractivity contribution in [2.75, 3.05) is 26.8 Å². The molecule has 26 heavy (non-hydrogen) atoms. The molecule has 1 saturated heterocycles. The van der Waals surface area contributed by atoms with Gasteiger partial charge in [0.05, 0.1) is 13.7 Å². The number of methoxy groups -OCH3 is 1. The summed E-state index contributed by atoms with van der Waals surface area (Å²) in [7, 11) is 3.57. The Balaban J connectivity index is 1.57. The Morgan fingerprint density at radius 3 is 2.73 bits per heavy atom. The fourth-order valence-electron chi connectivity index (χ4n) is 4.19. The Labute approximate surface area is 153 Å². The highest BCUT2D eigenvalue weighted by atomic mass is 16.5. The summed E-state index contributed by atoms with van der Waals surface area (Å²) in [6, 6.07) is 8.06. The first-order valence-electron chi connectivity index (χ1n) is 9.14. The van der Waals surface area contributed by atoms with Gasteiger partial charge in [0.15, 0.2) is 5.69 Å². The minimum Gasteiger partial charge on any atom is -0.496 e. The molecule has 0 bridgehead atoms. The summed E-state index contributed by atoms with van der Waals surface area (Å²) in [5.41, 5.74) is 3.63. The summed E-state index contributed by atoms with van der Waals surface area (Å²) in [6.45, 7) is 3.99. The van der Waals surface area contributed by atoms with Crippen molar-refractivity contribution < 1.29 is 14.3 Å². The zero-order chi connectivity index (χ0) is 18.3. The number of ether oxygens (including phenoxy) is 2. The number of benzene rings is 1. The summed E-state index contributed by atoms with van der Waals surface area (Å²) >= 11 is 0. The predicted octanol–water partition coefficient (Wildman–Crippen LogP) is 2.44. The lowest BCUT2D eigenvalue weighted by Crippen LogP contribution is -2.48. The van der Waals surface area contributed by atoms with E-state index in [-0.39, 0.29) is 11.5 Å². The monoisotopic (exact) mass is 355 g/mol. The van der Waals surface area contributed by atoms with Crippen LogP contribution in [0.2, 0.25) is 0 Å². The molecule has 1 spiro atoms. The number of carbonyl (C=O) groups is 1. The Morgan fingerprint density at radius 1 is 1.31 bits per heavy atom. The normalized spacial score (nSPS) is 18.7. The van der Waals surface area contributed by atoms with Crippen LogP contribution >= 0.6 is 0 Å². The van der Waals surface area contributed by atoms with Gasteiger partial charge in [-0.2, -0.15) is 5.10 Å². The zero-order valence-electron chi connectivity index (χ0n) is 15.6. The maximum Gasteiger partial charge on any atom is 0.274 e. The molecule has 0 N–H and O–H groups in total. The number of hydrogen-bond acceptors (Lipinski definition) is 4. The Bertz CT molecular complexity index is 801. The molecule has 2 aliphatic rings. The first-order chi connectivity index (χ1) is 12.5. The van der Waals surface area contributed by atoms with Crippen LogP contribution in [0.5, 0.6) is 5.75 Å². The van der Waals surface area contributed by atoms with Crippen molar-refractivity contribution in [1.29, 1.82) is 0 Å². The van der Waals surface area contributed by atoms with Gasteiger partial charge in [-0.1, -0.05) is 12.1 Å². The molecular weight excluding hydrogens is 330 g/mol. The third-order valence-electron chi connectivity index (χ3n) is 5.73. The van der Waals surface area contributed by atoms with Gasteiger partial charge in [0.1, 0.15) is 11.4 Å². The van der Waals surface area contributed by atoms with Crippen LogP contribution in [0, 0.1) is 6.92 Å². The van der Waals surface area contributed by atoms with Crippen LogP contribution < -0.4 is 4.74 Å². The molecule has 1 aromatic heterocycles. The molecule has 2 aromatic rings. The lowest BCUT2D eigenvalue weighted by molar-refractivity contribution is -0.0947. The van der Waals surface area contributed by atoms with E-state index in [2.05, 4.69) is 11.2 Å². The largest absolute Gasteiger partial charge is 0.496 e. The highest BCUT2D eigenvalue weighted by Gasteiger charge is 2.43. The Hall–Kier alpha value is -2.34. The fraction of sp³-hybridized carbons (Fsp3) is 0.500. The van der Waals surface area contributed by atoms with Crippen molar-refractivity contribution in [3.63, 3.8) is 0 Å². The van der Waals surface area contributed by atoms with Gasteiger partial charge >= 0.3 is 0 Å². The molecule has 138 valence electrons. The van der Waals surface area contributed by atoms with Gasteiger partial charge in [0.25, 0.3) is 5.91 Å². The standard InChI is InChI=1S/C20H25N3O3/c1-14-13-16(21-22(14)2)19(24)23-10-8-20(9-11-23)18-15(7-12-26-20)5-4-6-17(18)25-3/h4-6,13H,7-12H2,1-3H3. The number of carbonyl (C=O) groups excluding carboxylic acids is 1. The van der Waals surface area contributed by atoms with Gasteiger partial charge < -0.3 is 14.4 Å². The Kier molecular flexibility index (Phi) is 4.23. The molecule has 2 aliphatic heterocycles. The van der Waals surface area contributed by atoms with Crippen LogP contribution in [0.4, 0.5) is 0 Å². The van der Waals surface area contributed by atoms with Gasteiger partial charge in [-0.05, 0) is 43.9 Å². The summed E-state index contributed by atoms with van der Waals surface area (Å²) in [6.07, 6.45) is 2.46. The fourth-order valence-corrected chi connectivity index (χ4v) is 4.19. The first-order valence-corrected chi connectivity index (χ1v) is 9.14. The van der Waals surface area contributed by atoms with Crippen molar-refractivity contribution in [3.05, 3.63) is 46.8 Å². The minimum atomic E-state index is -0.350. The maximum atomic E-state index is 12.8. The second-order valence-corrected chi connectivity index (χ2v) is 7.17. The van der Waals surface area contributed by atoms with E-state index in [4.69, 9.17) is 9.47 Å². The molecule has 0 saturated carbocycles. The molecule has 0 radical (unpaired) electrons. The van der Waals surface area contributed by atoms with E-state index >= 15 is 0 Å². The van der Waals surface area contributed by atoms with Crippen molar-refractivity contribution in [3.8, 4) is 5.75 Å². The third-order valence-corrected chi connectivity index (χ3v) is 5.73. The number of nitrogens with zero attached hydrogens (tertiary/aromatic N) is 3. The maximum absolute atomic E-state index is 12.8. The summed E-state index contributed by atoms with van der Waals surface area (Å²) in [4.78, 5) is 14.7. The molecule has 6 heteroatoms. The average Bonchev–Trinajstić information content (AvgIpc) is 3.00. The Morgan fingerprint density at radius 2 is 2.08 bits per heavy atom. The quantitative estimate of drug-likeness (QED) is 0.830. The summed E-state index contributed by atoms with van der Waals surface area (Å²) in [5.74, 6) is 0.891. The molecule has 0 atom stereocenters. The van der Waals surface area contributed by atoms with Crippen molar-refractivity contribution >= 4 is 5.91 Å². The number of piperidine rings is 1. The number of aromatic nitrogens is 2. The van der Waals surface area contributed by atoms with E-state index < -0.39 is 0 Å². The van der Waals surface area contributed by atoms with E-state index in [9.17, 15) is 4.79 Å². The molecule has 1 amide bonds. The van der Waals surface area contributed by atoms with E-state index in [1.54, 1.807) is 11.8 Å². The lowest BCUT2D eigenvalue weighted by Gasteiger charge is -2.45. The highest BCUT2D eigenvalue weighted by molar-refractivity contribution is 5.92. The van der Waals surface area contributed by atoms with E-state index in [1.807, 2.05) is 37.1 Å². The molecule has 6 nitrogen and oxygen atoms in total. The van der Waals surface area contributed by atoms with Crippen LogP contribution in [-0.4, -0.2) is 47.4 Å². The molecule has 0 aliphatic carbocycles. The zero-order valence-corrected chi connectivity index (χ0v) is 15.6. The van der Waals surface area contributed by atoms with Gasteiger partial charge in [0.2, 0.25) is 0 Å². The van der Waals surface area contributed by atoms with Crippen LogP contribution in [0.15, 0.2) is 24.3 Å². The topological polar surface area (TPSA) is 56.6 Å². The predicted molar refractivity (Wildman–Crippen MR) is 97.4 cm³/mol. The minimum absolute atomic E-state index is 0.000361. The highest BCUT2D eigenvalue weighted by Crippen LogP contribution is 2.45. The molecule has 0 unspecified atom stereocenters. The number of hydrogen-bond donors (Lipinski definition) is 0. The molecule has 3 heterocycles. The van der Waals surface area contributed by atoms with E-state index in [1.165, 1.54) is 11.1 Å². The number of amides is 1. The molecule has 4 rings (SSSR count). The van der Waals surface area contributed by atoms with E-state index in [0.717, 1.165) is 30.7 Å². The van der Waals surface area contributed by atoms with E-state index in [0.29, 0.717) is 25.4 Å². The molecule has 1 fully saturated rings. The lowest BCUT2D eigenvalue weighted by atomic mass is 9.78. The summed E-state index contributed by atoms with van der Waals surface area (Å²) in [5, 5.41) is 4.33. The SMILES string of the molecule is COc1cccc2c1C1(CCN(C(=O)c3cc(C)n(C)n3)CC1)OCC2. The van der Waals surface area contributed by atoms with Crippen molar-refractivity contribution in [1.82, 2.24) is 14.7 Å². The van der Waals surface area contributed by atoms with Gasteiger partial charge in [-0.15, -0.1) is 0 Å². The molecular formula is C20H25N3O3. The second kappa shape index (κ2) is 6.43. The van der Waals surface area contributed by atoms with Gasteiger partial charge in [0, 0.05) is 31.4 Å². The number of fused-ring (bicyclic) bond motifs is 2. The van der Waals surface area contributed by atoms with Crippen LogP contribution in [-0.2, 0) is 23.8 Å². The number of aryl methyl sites for hydroxylation is 2. The van der Waals surface area contributed by atoms with Crippen molar-refractivity contribution in [2.24, 2.45) is 7.05 Å². The number of likely N-dealkylation sites (tertiary alicyclic amines) is 1. The van der Waals surface area contributed by atoms with Gasteiger partial charge in [-0.3, -0.25) is 9.48 Å². The third kappa shape index (κ3) is 2.69. The average molecular weight is 355 g/mol. The van der Waals surface area contributed by atoms with Crippen LogP contribution in [0.3, 0.4) is 0 Å². The first kappa shape index (κ1) is 17.1. The smallest absolute Gasteiger partial charge is 0.274 e. The second-order valence-electron chi connectivity index (χ2n) is 7.17. The summed E-state index contributed by atoms with van der Waals surface area (Å²) < 4.78 is 13.7.